The second kappa shape index (κ2) is 8.62. The third-order valence-corrected chi connectivity index (χ3v) is 5.82. The summed E-state index contributed by atoms with van der Waals surface area (Å²) in [5, 5.41) is 0. The number of nitrogens with zero attached hydrogens (tertiary/aromatic N) is 2. The number of sulfonamides is 1. The van der Waals surface area contributed by atoms with Crippen molar-refractivity contribution in [1.29, 1.82) is 0 Å². The largest absolute Gasteiger partial charge is 0.454 e. The van der Waals surface area contributed by atoms with Crippen LogP contribution in [0.3, 0.4) is 0 Å². The van der Waals surface area contributed by atoms with Crippen LogP contribution in [0, 0.1) is 5.82 Å². The molecule has 1 aliphatic rings. The fourth-order valence-corrected chi connectivity index (χ4v) is 4.03. The van der Waals surface area contributed by atoms with Crippen LogP contribution in [0.5, 0.6) is 0 Å². The zero-order chi connectivity index (χ0) is 21.9. The Morgan fingerprint density at radius 2 is 1.83 bits per heavy atom. The zero-order valence-electron chi connectivity index (χ0n) is 16.3. The Morgan fingerprint density at radius 3 is 2.53 bits per heavy atom. The summed E-state index contributed by atoms with van der Waals surface area (Å²) in [7, 11) is -2.18. The first-order valence-corrected chi connectivity index (χ1v) is 10.5. The Labute approximate surface area is 173 Å². The van der Waals surface area contributed by atoms with E-state index in [1.54, 1.807) is 30.3 Å². The van der Waals surface area contributed by atoms with Gasteiger partial charge >= 0.3 is 5.97 Å². The van der Waals surface area contributed by atoms with Crippen molar-refractivity contribution in [3.63, 3.8) is 0 Å². The number of aliphatic imine (C=N–C) groups is 1. The molecule has 1 atom stereocenters. The van der Waals surface area contributed by atoms with Gasteiger partial charge in [0.25, 0.3) is 15.9 Å². The van der Waals surface area contributed by atoms with E-state index in [2.05, 4.69) is 9.71 Å². The van der Waals surface area contributed by atoms with E-state index >= 15 is 0 Å². The highest BCUT2D eigenvalue weighted by atomic mass is 32.2. The molecule has 8 nitrogen and oxygen atoms in total. The summed E-state index contributed by atoms with van der Waals surface area (Å²) in [6.07, 6.45) is 0. The van der Waals surface area contributed by atoms with Crippen LogP contribution in [0.1, 0.15) is 18.1 Å². The fraction of sp³-hybridized carbons (Fsp3) is 0.250. The number of rotatable bonds is 6. The van der Waals surface area contributed by atoms with E-state index in [0.717, 1.165) is 5.56 Å². The second-order valence-corrected chi connectivity index (χ2v) is 8.39. The molecule has 0 bridgehead atoms. The van der Waals surface area contributed by atoms with Crippen molar-refractivity contribution < 1.29 is 27.1 Å². The number of likely N-dealkylation sites (N-methyl/N-ethyl adjacent to an activating group) is 1. The van der Waals surface area contributed by atoms with Gasteiger partial charge in [-0.2, -0.15) is 0 Å². The van der Waals surface area contributed by atoms with Crippen molar-refractivity contribution in [2.24, 2.45) is 4.99 Å². The van der Waals surface area contributed by atoms with E-state index in [0.29, 0.717) is 5.56 Å². The normalized spacial score (nSPS) is 16.4. The van der Waals surface area contributed by atoms with Crippen LogP contribution < -0.4 is 4.72 Å². The lowest BCUT2D eigenvalue weighted by Crippen LogP contribution is -2.33. The van der Waals surface area contributed by atoms with Gasteiger partial charge in [0.2, 0.25) is 0 Å². The molecule has 10 heteroatoms. The molecular formula is C20H20FN3O5S. The molecule has 158 valence electrons. The number of halogens is 1. The van der Waals surface area contributed by atoms with Crippen LogP contribution in [0.15, 0.2) is 58.4 Å². The smallest absolute Gasteiger partial charge is 0.331 e. The first kappa shape index (κ1) is 21.4. The van der Waals surface area contributed by atoms with Crippen LogP contribution in [-0.4, -0.2) is 50.7 Å². The minimum absolute atomic E-state index is 0.0507. The Balaban J connectivity index is 1.58. The van der Waals surface area contributed by atoms with Gasteiger partial charge in [0.05, 0.1) is 4.90 Å². The van der Waals surface area contributed by atoms with Gasteiger partial charge in [-0.25, -0.2) is 17.6 Å². The van der Waals surface area contributed by atoms with Gasteiger partial charge in [-0.05, 0) is 36.8 Å². The van der Waals surface area contributed by atoms with E-state index < -0.39 is 34.5 Å². The zero-order valence-corrected chi connectivity index (χ0v) is 17.1. The van der Waals surface area contributed by atoms with Crippen LogP contribution in [0.2, 0.25) is 0 Å². The quantitative estimate of drug-likeness (QED) is 0.695. The van der Waals surface area contributed by atoms with Crippen LogP contribution in [0.4, 0.5) is 4.39 Å². The summed E-state index contributed by atoms with van der Waals surface area (Å²) in [6, 6.07) is 11.0. The average Bonchev–Trinajstić information content (AvgIpc) is 2.97. The lowest BCUT2D eigenvalue weighted by atomic mass is 10.2. The molecule has 2 aromatic rings. The molecule has 0 saturated heterocycles. The summed E-state index contributed by atoms with van der Waals surface area (Å²) in [5.41, 5.74) is 1.10. The lowest BCUT2D eigenvalue weighted by molar-refractivity contribution is -0.152. The van der Waals surface area contributed by atoms with Gasteiger partial charge in [0.1, 0.15) is 17.7 Å². The van der Waals surface area contributed by atoms with Crippen LogP contribution >= 0.6 is 0 Å². The number of ether oxygens (including phenoxy) is 1. The number of hydrogen-bond acceptors (Lipinski definition) is 6. The van der Waals surface area contributed by atoms with E-state index in [1.165, 1.54) is 37.1 Å². The van der Waals surface area contributed by atoms with Gasteiger partial charge < -0.3 is 9.64 Å². The number of amidine groups is 1. The molecule has 0 spiro atoms. The molecule has 1 unspecified atom stereocenters. The summed E-state index contributed by atoms with van der Waals surface area (Å²) >= 11 is 0. The molecule has 3 rings (SSSR count). The molecule has 1 amide bonds. The molecule has 0 aromatic heterocycles. The predicted octanol–water partition coefficient (Wildman–Crippen LogP) is 1.45. The molecule has 0 fully saturated rings. The number of fused-ring (bicyclic) bond motifs is 1. The Hall–Kier alpha value is -3.27. The topological polar surface area (TPSA) is 105 Å². The number of hydrogen-bond donors (Lipinski definition) is 1. The van der Waals surface area contributed by atoms with Crippen LogP contribution in [0.25, 0.3) is 0 Å². The van der Waals surface area contributed by atoms with Crippen molar-refractivity contribution in [2.45, 2.75) is 24.4 Å². The number of amides is 1. The second-order valence-electron chi connectivity index (χ2n) is 6.74. The van der Waals surface area contributed by atoms with Gasteiger partial charge in [0, 0.05) is 19.2 Å². The molecule has 1 N–H and O–H groups in total. The summed E-state index contributed by atoms with van der Waals surface area (Å²) in [6.45, 7) is 1.18. The molecule has 2 aromatic carbocycles. The van der Waals surface area contributed by atoms with Crippen molar-refractivity contribution in [2.75, 3.05) is 13.7 Å². The minimum Gasteiger partial charge on any atom is -0.454 e. The molecule has 0 aliphatic carbocycles. The Morgan fingerprint density at radius 1 is 1.17 bits per heavy atom. The highest BCUT2D eigenvalue weighted by Crippen LogP contribution is 2.22. The predicted molar refractivity (Wildman–Crippen MR) is 107 cm³/mol. The summed E-state index contributed by atoms with van der Waals surface area (Å²) in [5.74, 6) is -1.53. The molecule has 30 heavy (non-hydrogen) atoms. The van der Waals surface area contributed by atoms with Gasteiger partial charge in [-0.3, -0.25) is 14.5 Å². The van der Waals surface area contributed by atoms with E-state index in [1.807, 2.05) is 0 Å². The first-order chi connectivity index (χ1) is 14.2. The highest BCUT2D eigenvalue weighted by molar-refractivity contribution is 7.90. The van der Waals surface area contributed by atoms with Gasteiger partial charge in [-0.1, -0.05) is 24.3 Å². The Bertz CT molecular complexity index is 1100. The number of esters is 1. The van der Waals surface area contributed by atoms with E-state index in [-0.39, 0.29) is 23.1 Å². The van der Waals surface area contributed by atoms with Crippen molar-refractivity contribution in [3.05, 3.63) is 65.5 Å². The van der Waals surface area contributed by atoms with E-state index in [9.17, 15) is 22.4 Å². The van der Waals surface area contributed by atoms with E-state index in [4.69, 9.17) is 4.74 Å². The Kier molecular flexibility index (Phi) is 6.16. The maximum Gasteiger partial charge on any atom is 0.331 e. The third kappa shape index (κ3) is 4.82. The van der Waals surface area contributed by atoms with Gasteiger partial charge in [-0.15, -0.1) is 0 Å². The lowest BCUT2D eigenvalue weighted by Gasteiger charge is -2.17. The molecule has 1 heterocycles. The highest BCUT2D eigenvalue weighted by Gasteiger charge is 2.31. The van der Waals surface area contributed by atoms with Crippen LogP contribution in [-0.2, 0) is 30.9 Å². The summed E-state index contributed by atoms with van der Waals surface area (Å²) in [4.78, 5) is 29.9. The third-order valence-electron chi connectivity index (χ3n) is 4.42. The first-order valence-electron chi connectivity index (χ1n) is 9.02. The molecule has 0 radical (unpaired) electrons. The molecule has 1 aliphatic heterocycles. The van der Waals surface area contributed by atoms with Crippen molar-refractivity contribution in [1.82, 2.24) is 9.62 Å². The number of nitrogens with one attached hydrogen (secondary N) is 1. The van der Waals surface area contributed by atoms with Crippen molar-refractivity contribution in [3.8, 4) is 0 Å². The van der Waals surface area contributed by atoms with Gasteiger partial charge in [0.15, 0.2) is 6.61 Å². The minimum atomic E-state index is -3.71. The SMILES string of the molecule is CC(N=C1NS(=O)(=O)c2ccccc21)C(=O)OCC(=O)N(C)Cc1ccc(F)cc1. The summed E-state index contributed by atoms with van der Waals surface area (Å²) < 4.78 is 44.5. The number of carbonyl (C=O) groups excluding carboxylic acids is 2. The molecule has 0 saturated carbocycles. The number of carbonyl (C=O) groups is 2. The average molecular weight is 433 g/mol. The maximum atomic E-state index is 13.0. The molecular weight excluding hydrogens is 413 g/mol. The standard InChI is InChI=1S/C20H20FN3O5S/c1-13(22-19-16-5-3-4-6-17(16)30(27,28)23-19)20(26)29-12-18(25)24(2)11-14-7-9-15(21)10-8-14/h3-10,13H,11-12H2,1-2H3,(H,22,23). The number of benzene rings is 2. The monoisotopic (exact) mass is 433 g/mol. The fourth-order valence-electron chi connectivity index (χ4n) is 2.79. The maximum absolute atomic E-state index is 13.0. The van der Waals surface area contributed by atoms with Crippen molar-refractivity contribution >= 4 is 27.7 Å².